The number of carbonyl (C=O) groups is 2. The minimum Gasteiger partial charge on any atom is -0.491 e. The lowest BCUT2D eigenvalue weighted by molar-refractivity contribution is 0.0796. The van der Waals surface area contributed by atoms with E-state index in [9.17, 15) is 9.59 Å². The molecular formula is C15H13BrN2O4. The van der Waals surface area contributed by atoms with Gasteiger partial charge >= 0.3 is 0 Å². The molecule has 7 heteroatoms. The van der Waals surface area contributed by atoms with Crippen LogP contribution in [-0.2, 0) is 0 Å². The number of amides is 2. The number of nitrogens with zero attached hydrogens (tertiary/aromatic N) is 1. The third-order valence-corrected chi connectivity index (χ3v) is 3.72. The van der Waals surface area contributed by atoms with Crippen molar-refractivity contribution in [2.45, 2.75) is 0 Å². The Kier molecular flexibility index (Phi) is 3.89. The van der Waals surface area contributed by atoms with Crippen LogP contribution in [0.5, 0.6) is 5.75 Å². The molecule has 0 spiro atoms. The van der Waals surface area contributed by atoms with E-state index < -0.39 is 0 Å². The molecule has 3 rings (SSSR count). The van der Waals surface area contributed by atoms with E-state index in [-0.39, 0.29) is 17.6 Å². The summed E-state index contributed by atoms with van der Waals surface area (Å²) in [5, 5.41) is 2.70. The van der Waals surface area contributed by atoms with Gasteiger partial charge in [-0.15, -0.1) is 0 Å². The van der Waals surface area contributed by atoms with Gasteiger partial charge in [0.15, 0.2) is 10.4 Å². The number of carbonyl (C=O) groups excluding carboxylic acids is 2. The van der Waals surface area contributed by atoms with Crippen molar-refractivity contribution < 1.29 is 18.7 Å². The summed E-state index contributed by atoms with van der Waals surface area (Å²) in [4.78, 5) is 25.9. The smallest absolute Gasteiger partial charge is 0.291 e. The molecule has 114 valence electrons. The quantitative estimate of drug-likeness (QED) is 0.889. The van der Waals surface area contributed by atoms with Gasteiger partial charge in [0, 0.05) is 12.7 Å². The zero-order valence-corrected chi connectivity index (χ0v) is 13.3. The Bertz CT molecular complexity index is 741. The first-order valence-electron chi connectivity index (χ1n) is 6.63. The molecular weight excluding hydrogens is 352 g/mol. The summed E-state index contributed by atoms with van der Waals surface area (Å²) in [5.74, 6) is 0.181. The number of hydrogen-bond acceptors (Lipinski definition) is 4. The second kappa shape index (κ2) is 5.84. The summed E-state index contributed by atoms with van der Waals surface area (Å²) >= 11 is 3.14. The van der Waals surface area contributed by atoms with E-state index in [1.165, 1.54) is 0 Å². The van der Waals surface area contributed by atoms with E-state index in [0.29, 0.717) is 34.8 Å². The predicted molar refractivity (Wildman–Crippen MR) is 83.3 cm³/mol. The standard InChI is InChI=1S/C15H13BrN2O4/c1-18-6-7-21-11-3-2-9(8-10(11)15(18)20)17-14(19)12-4-5-13(16)22-12/h2-5,8H,6-7H2,1H3,(H,17,19). The Hall–Kier alpha value is -2.28. The van der Waals surface area contributed by atoms with Crippen molar-refractivity contribution in [3.8, 4) is 5.75 Å². The number of nitrogens with one attached hydrogen (secondary N) is 1. The normalized spacial score (nSPS) is 14.1. The lowest BCUT2D eigenvalue weighted by Gasteiger charge is -2.13. The molecule has 6 nitrogen and oxygen atoms in total. The first-order valence-corrected chi connectivity index (χ1v) is 7.43. The maximum absolute atomic E-state index is 12.3. The number of anilines is 1. The molecule has 22 heavy (non-hydrogen) atoms. The molecule has 0 unspecified atom stereocenters. The van der Waals surface area contributed by atoms with Crippen LogP contribution in [0.4, 0.5) is 5.69 Å². The van der Waals surface area contributed by atoms with E-state index in [4.69, 9.17) is 9.15 Å². The summed E-state index contributed by atoms with van der Waals surface area (Å²) in [6, 6.07) is 8.17. The van der Waals surface area contributed by atoms with Crippen LogP contribution >= 0.6 is 15.9 Å². The number of benzene rings is 1. The lowest BCUT2D eigenvalue weighted by Crippen LogP contribution is -2.27. The van der Waals surface area contributed by atoms with Crippen molar-refractivity contribution in [1.29, 1.82) is 0 Å². The van der Waals surface area contributed by atoms with E-state index in [1.54, 1.807) is 42.3 Å². The fourth-order valence-electron chi connectivity index (χ4n) is 2.13. The van der Waals surface area contributed by atoms with Gasteiger partial charge in [0.25, 0.3) is 11.8 Å². The van der Waals surface area contributed by atoms with Gasteiger partial charge in [-0.25, -0.2) is 0 Å². The van der Waals surface area contributed by atoms with Gasteiger partial charge in [-0.2, -0.15) is 0 Å². The minimum absolute atomic E-state index is 0.135. The van der Waals surface area contributed by atoms with Crippen LogP contribution in [0.25, 0.3) is 0 Å². The van der Waals surface area contributed by atoms with E-state index in [0.717, 1.165) is 0 Å². The Morgan fingerprint density at radius 3 is 2.86 bits per heavy atom. The molecule has 2 amide bonds. The van der Waals surface area contributed by atoms with Gasteiger partial charge in [-0.05, 0) is 46.3 Å². The van der Waals surface area contributed by atoms with Crippen LogP contribution in [0.3, 0.4) is 0 Å². The molecule has 0 saturated carbocycles. The highest BCUT2D eigenvalue weighted by Crippen LogP contribution is 2.26. The number of ether oxygens (including phenoxy) is 1. The molecule has 1 aliphatic heterocycles. The number of likely N-dealkylation sites (N-methyl/N-ethyl adjacent to an activating group) is 1. The Morgan fingerprint density at radius 1 is 1.32 bits per heavy atom. The SMILES string of the molecule is CN1CCOc2ccc(NC(=O)c3ccc(Br)o3)cc2C1=O. The molecule has 1 aromatic heterocycles. The van der Waals surface area contributed by atoms with Crippen molar-refractivity contribution >= 4 is 33.4 Å². The van der Waals surface area contributed by atoms with Crippen molar-refractivity contribution in [1.82, 2.24) is 4.90 Å². The highest BCUT2D eigenvalue weighted by atomic mass is 79.9. The summed E-state index contributed by atoms with van der Waals surface area (Å²) in [6.07, 6.45) is 0. The van der Waals surface area contributed by atoms with E-state index in [2.05, 4.69) is 21.2 Å². The monoisotopic (exact) mass is 364 g/mol. The van der Waals surface area contributed by atoms with Crippen molar-refractivity contribution in [3.05, 3.63) is 46.3 Å². The molecule has 0 fully saturated rings. The van der Waals surface area contributed by atoms with Gasteiger partial charge in [0.1, 0.15) is 12.4 Å². The van der Waals surface area contributed by atoms with Gasteiger partial charge in [0.2, 0.25) is 0 Å². The van der Waals surface area contributed by atoms with Crippen molar-refractivity contribution in [2.24, 2.45) is 0 Å². The van der Waals surface area contributed by atoms with Gasteiger partial charge in [-0.3, -0.25) is 9.59 Å². The topological polar surface area (TPSA) is 71.8 Å². The second-order valence-corrected chi connectivity index (χ2v) is 5.63. The second-order valence-electron chi connectivity index (χ2n) is 4.84. The molecule has 1 aliphatic rings. The molecule has 2 aromatic rings. The van der Waals surface area contributed by atoms with Crippen LogP contribution in [-0.4, -0.2) is 36.9 Å². The van der Waals surface area contributed by atoms with Crippen LogP contribution in [0.15, 0.2) is 39.4 Å². The minimum atomic E-state index is -0.388. The molecule has 1 N–H and O–H groups in total. The van der Waals surface area contributed by atoms with Crippen molar-refractivity contribution in [2.75, 3.05) is 25.5 Å². The summed E-state index contributed by atoms with van der Waals surface area (Å²) in [6.45, 7) is 0.969. The van der Waals surface area contributed by atoms with E-state index >= 15 is 0 Å². The van der Waals surface area contributed by atoms with Crippen molar-refractivity contribution in [3.63, 3.8) is 0 Å². The predicted octanol–water partition coefficient (Wildman–Crippen LogP) is 2.76. The summed E-state index contributed by atoms with van der Waals surface area (Å²) in [5.41, 5.74) is 0.932. The molecule has 0 bridgehead atoms. The Balaban J connectivity index is 1.85. The number of halogens is 1. The maximum Gasteiger partial charge on any atom is 0.291 e. The van der Waals surface area contributed by atoms with Gasteiger partial charge < -0.3 is 19.4 Å². The average Bonchev–Trinajstić information content (AvgIpc) is 2.88. The van der Waals surface area contributed by atoms with Crippen LogP contribution in [0, 0.1) is 0 Å². The molecule has 2 heterocycles. The molecule has 0 saturated heterocycles. The zero-order chi connectivity index (χ0) is 15.7. The lowest BCUT2D eigenvalue weighted by atomic mass is 10.1. The van der Waals surface area contributed by atoms with Crippen LogP contribution in [0.1, 0.15) is 20.9 Å². The fourth-order valence-corrected chi connectivity index (χ4v) is 2.44. The van der Waals surface area contributed by atoms with Gasteiger partial charge in [0.05, 0.1) is 12.1 Å². The molecule has 1 aromatic carbocycles. The third-order valence-electron chi connectivity index (χ3n) is 3.30. The van der Waals surface area contributed by atoms with Gasteiger partial charge in [-0.1, -0.05) is 0 Å². The number of furan rings is 1. The summed E-state index contributed by atoms with van der Waals surface area (Å²) < 4.78 is 11.2. The van der Waals surface area contributed by atoms with Crippen LogP contribution in [0.2, 0.25) is 0 Å². The maximum atomic E-state index is 12.3. The number of fused-ring (bicyclic) bond motifs is 1. The average molecular weight is 365 g/mol. The highest BCUT2D eigenvalue weighted by Gasteiger charge is 2.21. The fraction of sp³-hybridized carbons (Fsp3) is 0.200. The zero-order valence-electron chi connectivity index (χ0n) is 11.8. The third kappa shape index (κ3) is 2.85. The molecule has 0 aliphatic carbocycles. The Labute approximate surface area is 135 Å². The molecule has 0 radical (unpaired) electrons. The first kappa shape index (κ1) is 14.6. The van der Waals surface area contributed by atoms with Crippen LogP contribution < -0.4 is 10.1 Å². The molecule has 0 atom stereocenters. The Morgan fingerprint density at radius 2 is 2.14 bits per heavy atom. The number of rotatable bonds is 2. The first-order chi connectivity index (χ1) is 10.5. The highest BCUT2D eigenvalue weighted by molar-refractivity contribution is 9.10. The summed E-state index contributed by atoms with van der Waals surface area (Å²) in [7, 11) is 1.71. The largest absolute Gasteiger partial charge is 0.491 e. The van der Waals surface area contributed by atoms with E-state index in [1.807, 2.05) is 0 Å². The number of hydrogen-bond donors (Lipinski definition) is 1.